The molecular weight excluding hydrogens is 554 g/mol. The Morgan fingerprint density at radius 3 is 2.11 bits per heavy atom. The smallest absolute Gasteiger partial charge is 0.475 e. The van der Waals surface area contributed by atoms with Gasteiger partial charge in [-0.3, -0.25) is 9.80 Å². The first-order chi connectivity index (χ1) is 17.1. The molecule has 0 amide bonds. The minimum atomic E-state index is -5.08. The Kier molecular flexibility index (Phi) is 11.2. The van der Waals surface area contributed by atoms with Crippen LogP contribution in [0.15, 0.2) is 17.0 Å². The molecule has 2 aliphatic heterocycles. The minimum absolute atomic E-state index is 0.372. The van der Waals surface area contributed by atoms with Crippen LogP contribution >= 0.6 is 22.7 Å². The fourth-order valence-electron chi connectivity index (χ4n) is 3.55. The molecule has 0 aromatic carbocycles. The summed E-state index contributed by atoms with van der Waals surface area (Å²) in [6.45, 7) is 9.07. The lowest BCUT2D eigenvalue weighted by Crippen LogP contribution is -2.32. The van der Waals surface area contributed by atoms with E-state index in [-0.39, 0.29) is 0 Å². The van der Waals surface area contributed by atoms with E-state index < -0.39 is 24.3 Å². The molecule has 0 unspecified atom stereocenters. The quantitative estimate of drug-likeness (QED) is 0.526. The lowest BCUT2D eigenvalue weighted by molar-refractivity contribution is -0.193. The van der Waals surface area contributed by atoms with Gasteiger partial charge in [-0.2, -0.15) is 26.3 Å². The second-order valence-electron chi connectivity index (χ2n) is 7.99. The summed E-state index contributed by atoms with van der Waals surface area (Å²) in [5.74, 6) is -4.92. The maximum atomic E-state index is 10.6. The maximum absolute atomic E-state index is 10.6. The third-order valence-corrected chi connectivity index (χ3v) is 6.66. The largest absolute Gasteiger partial charge is 0.490 e. The summed E-state index contributed by atoms with van der Waals surface area (Å²) in [6, 6.07) is 0. The number of carbonyl (C=O) groups is 2. The zero-order valence-electron chi connectivity index (χ0n) is 19.3. The molecule has 17 heteroatoms. The summed E-state index contributed by atoms with van der Waals surface area (Å²) in [5.41, 5.74) is 1.20. The van der Waals surface area contributed by atoms with Gasteiger partial charge >= 0.3 is 24.3 Å². The van der Waals surface area contributed by atoms with Gasteiger partial charge in [-0.25, -0.2) is 19.6 Å². The van der Waals surface area contributed by atoms with Crippen molar-refractivity contribution in [3.05, 3.63) is 32.7 Å². The molecule has 2 N–H and O–H groups in total. The molecule has 0 spiro atoms. The van der Waals surface area contributed by atoms with Gasteiger partial charge in [-0.1, -0.05) is 0 Å². The summed E-state index contributed by atoms with van der Waals surface area (Å²) in [4.78, 5) is 31.8. The van der Waals surface area contributed by atoms with Crippen LogP contribution in [0.25, 0.3) is 0 Å². The van der Waals surface area contributed by atoms with E-state index in [4.69, 9.17) is 24.5 Å². The molecule has 0 saturated carbocycles. The zero-order chi connectivity index (χ0) is 27.8. The summed E-state index contributed by atoms with van der Waals surface area (Å²) >= 11 is 3.48. The Balaban J connectivity index is 0.000000286. The van der Waals surface area contributed by atoms with E-state index >= 15 is 0 Å². The SMILES string of the molecule is Cc1nc(CN2CCO[C@@H]3CN(Cc4nccs4)C[C@@H]3C2)cs1.O=C(O)C(F)(F)F.O=C(O)C(F)(F)F. The van der Waals surface area contributed by atoms with E-state index in [0.717, 1.165) is 50.9 Å². The van der Waals surface area contributed by atoms with E-state index in [2.05, 4.69) is 37.5 Å². The molecule has 2 atom stereocenters. The van der Waals surface area contributed by atoms with Gasteiger partial charge < -0.3 is 14.9 Å². The summed E-state index contributed by atoms with van der Waals surface area (Å²) < 4.78 is 69.6. The average molecular weight is 579 g/mol. The molecule has 2 aromatic rings. The monoisotopic (exact) mass is 578 g/mol. The van der Waals surface area contributed by atoms with Gasteiger partial charge in [-0.05, 0) is 6.92 Å². The number of nitrogens with zero attached hydrogens (tertiary/aromatic N) is 4. The molecule has 2 fully saturated rings. The summed E-state index contributed by atoms with van der Waals surface area (Å²) in [7, 11) is 0. The van der Waals surface area contributed by atoms with Crippen molar-refractivity contribution in [2.45, 2.75) is 38.5 Å². The number of alkyl halides is 6. The molecule has 0 bridgehead atoms. The Hall–Kier alpha value is -2.34. The second-order valence-corrected chi connectivity index (χ2v) is 10.0. The fraction of sp³-hybridized carbons (Fsp3) is 0.600. The highest BCUT2D eigenvalue weighted by molar-refractivity contribution is 7.09. The van der Waals surface area contributed by atoms with Crippen LogP contribution in [0.2, 0.25) is 0 Å². The highest BCUT2D eigenvalue weighted by Crippen LogP contribution is 2.26. The highest BCUT2D eigenvalue weighted by Gasteiger charge is 2.39. The Morgan fingerprint density at radius 1 is 1.03 bits per heavy atom. The van der Waals surface area contributed by atoms with E-state index in [0.29, 0.717) is 12.0 Å². The average Bonchev–Trinajstić information content (AvgIpc) is 3.48. The maximum Gasteiger partial charge on any atom is 0.490 e. The van der Waals surface area contributed by atoms with Gasteiger partial charge in [0.05, 0.1) is 30.0 Å². The van der Waals surface area contributed by atoms with Crippen molar-refractivity contribution in [3.63, 3.8) is 0 Å². The molecular formula is C20H24F6N4O5S2. The van der Waals surface area contributed by atoms with Crippen molar-refractivity contribution in [3.8, 4) is 0 Å². The van der Waals surface area contributed by atoms with Crippen molar-refractivity contribution >= 4 is 34.6 Å². The number of aryl methyl sites for hydroxylation is 1. The summed E-state index contributed by atoms with van der Waals surface area (Å²) in [5, 5.41) is 20.8. The van der Waals surface area contributed by atoms with Crippen molar-refractivity contribution in [1.82, 2.24) is 19.8 Å². The van der Waals surface area contributed by atoms with Crippen LogP contribution in [0.5, 0.6) is 0 Å². The highest BCUT2D eigenvalue weighted by atomic mass is 32.1. The molecule has 9 nitrogen and oxygen atoms in total. The van der Waals surface area contributed by atoms with E-state index in [9.17, 15) is 26.3 Å². The van der Waals surface area contributed by atoms with Crippen LogP contribution in [0, 0.1) is 12.8 Å². The number of carboxylic acids is 2. The van der Waals surface area contributed by atoms with Gasteiger partial charge in [-0.15, -0.1) is 22.7 Å². The first-order valence-corrected chi connectivity index (χ1v) is 12.4. The normalized spacial score (nSPS) is 20.6. The number of rotatable bonds is 4. The first kappa shape index (κ1) is 30.9. The van der Waals surface area contributed by atoms with Crippen LogP contribution in [-0.2, 0) is 27.4 Å². The number of likely N-dealkylation sites (tertiary alicyclic amines) is 1. The van der Waals surface area contributed by atoms with E-state index in [1.165, 1.54) is 10.7 Å². The van der Waals surface area contributed by atoms with Gasteiger partial charge in [0.2, 0.25) is 0 Å². The van der Waals surface area contributed by atoms with Gasteiger partial charge in [0.1, 0.15) is 5.01 Å². The van der Waals surface area contributed by atoms with Crippen LogP contribution in [0.3, 0.4) is 0 Å². The number of thiazole rings is 2. The number of halogens is 6. The lowest BCUT2D eigenvalue weighted by Gasteiger charge is -2.22. The van der Waals surface area contributed by atoms with Gasteiger partial charge in [0.15, 0.2) is 0 Å². The van der Waals surface area contributed by atoms with Crippen LogP contribution in [-0.4, -0.2) is 93.2 Å². The molecule has 4 rings (SSSR count). The Labute approximate surface area is 215 Å². The van der Waals surface area contributed by atoms with Gasteiger partial charge in [0, 0.05) is 55.6 Å². The second kappa shape index (κ2) is 13.5. The van der Waals surface area contributed by atoms with Crippen molar-refractivity contribution < 1.29 is 50.9 Å². The number of aliphatic carboxylic acids is 2. The molecule has 0 aliphatic carbocycles. The predicted molar refractivity (Wildman–Crippen MR) is 120 cm³/mol. The van der Waals surface area contributed by atoms with Crippen molar-refractivity contribution in [2.75, 3.05) is 32.8 Å². The topological polar surface area (TPSA) is 116 Å². The molecule has 2 saturated heterocycles. The van der Waals surface area contributed by atoms with Crippen LogP contribution in [0.4, 0.5) is 26.3 Å². The van der Waals surface area contributed by atoms with Crippen LogP contribution < -0.4 is 0 Å². The molecule has 0 radical (unpaired) electrons. The van der Waals surface area contributed by atoms with Crippen molar-refractivity contribution in [1.29, 1.82) is 0 Å². The van der Waals surface area contributed by atoms with Crippen molar-refractivity contribution in [2.24, 2.45) is 5.92 Å². The molecule has 37 heavy (non-hydrogen) atoms. The van der Waals surface area contributed by atoms with Gasteiger partial charge in [0.25, 0.3) is 0 Å². The third kappa shape index (κ3) is 10.9. The number of hydrogen-bond acceptors (Lipinski definition) is 9. The fourth-order valence-corrected chi connectivity index (χ4v) is 4.81. The minimum Gasteiger partial charge on any atom is -0.475 e. The number of hydrogen-bond donors (Lipinski definition) is 2. The number of aromatic nitrogens is 2. The predicted octanol–water partition coefficient (Wildman–Crippen LogP) is 3.51. The lowest BCUT2D eigenvalue weighted by atomic mass is 10.1. The standard InChI is InChI=1S/C16H22N4OS2.2C2HF3O2/c1-12-18-14(11-23-12)8-19-3-4-21-15-9-20(7-13(15)6-19)10-16-17-2-5-22-16;2*3-2(4,5)1(6)7/h2,5,11,13,15H,3-4,6-10H2,1H3;2*(H,6,7)/t13-,15+;;/m0../s1. The molecule has 2 aromatic heterocycles. The molecule has 2 aliphatic rings. The Morgan fingerprint density at radius 2 is 1.62 bits per heavy atom. The van der Waals surface area contributed by atoms with E-state index in [1.807, 2.05) is 6.20 Å². The number of carboxylic acid groups (broad SMARTS) is 2. The zero-order valence-corrected chi connectivity index (χ0v) is 21.0. The third-order valence-electron chi connectivity index (χ3n) is 5.07. The Bertz CT molecular complexity index is 978. The van der Waals surface area contributed by atoms with Crippen LogP contribution in [0.1, 0.15) is 15.7 Å². The molecule has 208 valence electrons. The summed E-state index contributed by atoms with van der Waals surface area (Å²) in [6.07, 6.45) is -7.90. The number of fused-ring (bicyclic) bond motifs is 1. The first-order valence-electron chi connectivity index (χ1n) is 10.6. The number of ether oxygens (including phenoxy) is 1. The van der Waals surface area contributed by atoms with E-state index in [1.54, 1.807) is 22.7 Å². The molecule has 4 heterocycles.